The SMILES string of the molecule is COc1ccc(NC(C)=O)c(NC(=O)/C=C/c2ccc(I)o2)c1. The number of halogens is 1. The normalized spacial score (nSPS) is 10.6. The molecule has 1 aromatic carbocycles. The number of benzene rings is 1. The molecule has 0 aliphatic heterocycles. The lowest BCUT2D eigenvalue weighted by Crippen LogP contribution is -2.13. The first-order chi connectivity index (χ1) is 11.0. The van der Waals surface area contributed by atoms with Crippen molar-refractivity contribution >= 4 is 51.9 Å². The molecule has 0 radical (unpaired) electrons. The molecular weight excluding hydrogens is 411 g/mol. The first-order valence-electron chi connectivity index (χ1n) is 6.68. The summed E-state index contributed by atoms with van der Waals surface area (Å²) in [7, 11) is 1.53. The first-order valence-corrected chi connectivity index (χ1v) is 7.76. The second kappa shape index (κ2) is 7.82. The van der Waals surface area contributed by atoms with Crippen molar-refractivity contribution in [3.05, 3.63) is 45.9 Å². The minimum Gasteiger partial charge on any atom is -0.497 e. The van der Waals surface area contributed by atoms with E-state index in [0.717, 1.165) is 3.77 Å². The van der Waals surface area contributed by atoms with Crippen molar-refractivity contribution in [2.75, 3.05) is 17.7 Å². The van der Waals surface area contributed by atoms with Crippen molar-refractivity contribution in [2.45, 2.75) is 6.92 Å². The highest BCUT2D eigenvalue weighted by Gasteiger charge is 2.08. The zero-order chi connectivity index (χ0) is 16.8. The second-order valence-electron chi connectivity index (χ2n) is 4.56. The predicted octanol–water partition coefficient (Wildman–Crippen LogP) is 3.50. The van der Waals surface area contributed by atoms with E-state index in [1.807, 2.05) is 22.6 Å². The molecule has 0 saturated heterocycles. The third kappa shape index (κ3) is 5.13. The molecular formula is C16H15IN2O4. The van der Waals surface area contributed by atoms with E-state index in [2.05, 4.69) is 10.6 Å². The molecule has 0 spiro atoms. The van der Waals surface area contributed by atoms with Crippen LogP contribution < -0.4 is 15.4 Å². The van der Waals surface area contributed by atoms with Crippen LogP contribution in [0.4, 0.5) is 11.4 Å². The molecule has 23 heavy (non-hydrogen) atoms. The average Bonchev–Trinajstić information content (AvgIpc) is 2.92. The van der Waals surface area contributed by atoms with Crippen LogP contribution in [0.1, 0.15) is 12.7 Å². The monoisotopic (exact) mass is 426 g/mol. The van der Waals surface area contributed by atoms with Gasteiger partial charge in [0.2, 0.25) is 11.8 Å². The van der Waals surface area contributed by atoms with Crippen LogP contribution in [0, 0.1) is 3.77 Å². The maximum Gasteiger partial charge on any atom is 0.248 e. The Hall–Kier alpha value is -2.29. The Morgan fingerprint density at radius 1 is 1.17 bits per heavy atom. The van der Waals surface area contributed by atoms with E-state index < -0.39 is 0 Å². The summed E-state index contributed by atoms with van der Waals surface area (Å²) in [5.41, 5.74) is 0.941. The van der Waals surface area contributed by atoms with E-state index in [4.69, 9.17) is 9.15 Å². The van der Waals surface area contributed by atoms with E-state index >= 15 is 0 Å². The Kier molecular flexibility index (Phi) is 5.80. The molecule has 0 atom stereocenters. The summed E-state index contributed by atoms with van der Waals surface area (Å²) in [6, 6.07) is 8.55. The molecule has 2 aromatic rings. The van der Waals surface area contributed by atoms with E-state index in [1.54, 1.807) is 36.4 Å². The van der Waals surface area contributed by atoms with Gasteiger partial charge in [0.1, 0.15) is 11.5 Å². The van der Waals surface area contributed by atoms with Crippen LogP contribution in [0.3, 0.4) is 0 Å². The zero-order valence-corrected chi connectivity index (χ0v) is 14.7. The highest BCUT2D eigenvalue weighted by atomic mass is 127. The number of rotatable bonds is 5. The van der Waals surface area contributed by atoms with Gasteiger partial charge in [0.05, 0.1) is 18.5 Å². The zero-order valence-electron chi connectivity index (χ0n) is 12.6. The van der Waals surface area contributed by atoms with Crippen molar-refractivity contribution in [1.29, 1.82) is 0 Å². The fourth-order valence-electron chi connectivity index (χ4n) is 1.80. The van der Waals surface area contributed by atoms with Gasteiger partial charge in [-0.1, -0.05) is 0 Å². The van der Waals surface area contributed by atoms with Crippen molar-refractivity contribution in [1.82, 2.24) is 0 Å². The summed E-state index contributed by atoms with van der Waals surface area (Å²) in [6.07, 6.45) is 2.92. The number of carbonyl (C=O) groups excluding carboxylic acids is 2. The summed E-state index contributed by atoms with van der Waals surface area (Å²) in [4.78, 5) is 23.3. The molecule has 1 heterocycles. The Bertz CT molecular complexity index is 752. The van der Waals surface area contributed by atoms with Crippen molar-refractivity contribution < 1.29 is 18.7 Å². The molecule has 120 valence electrons. The molecule has 1 aromatic heterocycles. The first kappa shape index (κ1) is 17.1. The summed E-state index contributed by atoms with van der Waals surface area (Å²) in [5, 5.41) is 5.36. The maximum atomic E-state index is 12.0. The number of hydrogen-bond donors (Lipinski definition) is 2. The quantitative estimate of drug-likeness (QED) is 0.567. The minimum atomic E-state index is -0.351. The largest absolute Gasteiger partial charge is 0.497 e. The third-order valence-corrected chi connectivity index (χ3v) is 3.37. The van der Waals surface area contributed by atoms with Crippen molar-refractivity contribution in [3.63, 3.8) is 0 Å². The van der Waals surface area contributed by atoms with E-state index in [-0.39, 0.29) is 11.8 Å². The van der Waals surface area contributed by atoms with Crippen LogP contribution in [0.2, 0.25) is 0 Å². The number of methoxy groups -OCH3 is 1. The van der Waals surface area contributed by atoms with Gasteiger partial charge in [0.15, 0.2) is 3.77 Å². The van der Waals surface area contributed by atoms with Crippen molar-refractivity contribution in [3.8, 4) is 5.75 Å². The molecule has 0 unspecified atom stereocenters. The van der Waals surface area contributed by atoms with Gasteiger partial charge in [-0.2, -0.15) is 0 Å². The standard InChI is InChI=1S/C16H15IN2O4/c1-10(20)18-13-6-3-12(22-2)9-14(13)19-16(21)8-5-11-4-7-15(17)23-11/h3-9H,1-2H3,(H,18,20)(H,19,21)/b8-5+. The smallest absolute Gasteiger partial charge is 0.248 e. The van der Waals surface area contributed by atoms with Gasteiger partial charge in [-0.3, -0.25) is 9.59 Å². The highest BCUT2D eigenvalue weighted by Crippen LogP contribution is 2.27. The molecule has 0 bridgehead atoms. The number of anilines is 2. The number of furan rings is 1. The van der Waals surface area contributed by atoms with Gasteiger partial charge < -0.3 is 19.8 Å². The summed E-state index contributed by atoms with van der Waals surface area (Å²) in [6.45, 7) is 1.40. The molecule has 2 N–H and O–H groups in total. The lowest BCUT2D eigenvalue weighted by molar-refractivity contribution is -0.114. The molecule has 2 amide bonds. The average molecular weight is 426 g/mol. The van der Waals surface area contributed by atoms with Gasteiger partial charge in [0.25, 0.3) is 0 Å². The van der Waals surface area contributed by atoms with Crippen LogP contribution in [0.25, 0.3) is 6.08 Å². The summed E-state index contributed by atoms with van der Waals surface area (Å²) in [5.74, 6) is 0.568. The number of carbonyl (C=O) groups is 2. The molecule has 0 aliphatic rings. The highest BCUT2D eigenvalue weighted by molar-refractivity contribution is 14.1. The molecule has 7 heteroatoms. The van der Waals surface area contributed by atoms with E-state index in [9.17, 15) is 9.59 Å². The van der Waals surface area contributed by atoms with Crippen LogP contribution in [0.15, 0.2) is 40.8 Å². The molecule has 0 fully saturated rings. The fourth-order valence-corrected chi connectivity index (χ4v) is 2.24. The van der Waals surface area contributed by atoms with Gasteiger partial charge in [-0.15, -0.1) is 0 Å². The summed E-state index contributed by atoms with van der Waals surface area (Å²) < 4.78 is 11.2. The van der Waals surface area contributed by atoms with Gasteiger partial charge in [-0.05, 0) is 52.9 Å². The molecule has 6 nitrogen and oxygen atoms in total. The van der Waals surface area contributed by atoms with Crippen LogP contribution in [-0.4, -0.2) is 18.9 Å². The number of hydrogen-bond acceptors (Lipinski definition) is 4. The second-order valence-corrected chi connectivity index (χ2v) is 5.62. The number of amides is 2. The van der Waals surface area contributed by atoms with E-state index in [0.29, 0.717) is 22.9 Å². The topological polar surface area (TPSA) is 80.6 Å². The van der Waals surface area contributed by atoms with Crippen LogP contribution >= 0.6 is 22.6 Å². The molecule has 0 aliphatic carbocycles. The van der Waals surface area contributed by atoms with Crippen LogP contribution in [-0.2, 0) is 9.59 Å². The number of nitrogens with one attached hydrogen (secondary N) is 2. The Morgan fingerprint density at radius 2 is 1.96 bits per heavy atom. The summed E-state index contributed by atoms with van der Waals surface area (Å²) >= 11 is 2.04. The minimum absolute atomic E-state index is 0.230. The van der Waals surface area contributed by atoms with Gasteiger partial charge in [0, 0.05) is 19.1 Å². The molecule has 0 saturated carbocycles. The Labute approximate surface area is 147 Å². The fraction of sp³-hybridized carbons (Fsp3) is 0.125. The van der Waals surface area contributed by atoms with Gasteiger partial charge >= 0.3 is 0 Å². The Morgan fingerprint density at radius 3 is 2.57 bits per heavy atom. The predicted molar refractivity (Wildman–Crippen MR) is 96.4 cm³/mol. The Balaban J connectivity index is 2.15. The van der Waals surface area contributed by atoms with Gasteiger partial charge in [-0.25, -0.2) is 0 Å². The van der Waals surface area contributed by atoms with Crippen molar-refractivity contribution in [2.24, 2.45) is 0 Å². The van der Waals surface area contributed by atoms with Crippen LogP contribution in [0.5, 0.6) is 5.75 Å². The number of ether oxygens (including phenoxy) is 1. The lowest BCUT2D eigenvalue weighted by atomic mass is 10.2. The maximum absolute atomic E-state index is 12.0. The lowest BCUT2D eigenvalue weighted by Gasteiger charge is -2.12. The molecule has 2 rings (SSSR count). The third-order valence-electron chi connectivity index (χ3n) is 2.79. The van der Waals surface area contributed by atoms with E-state index in [1.165, 1.54) is 20.1 Å².